The van der Waals surface area contributed by atoms with Gasteiger partial charge in [0.25, 0.3) is 0 Å². The molecule has 0 aromatic heterocycles. The minimum absolute atomic E-state index is 0.185. The molecular weight excluding hydrogens is 320 g/mol. The molecule has 130 valence electrons. The highest BCUT2D eigenvalue weighted by molar-refractivity contribution is 5.97. The van der Waals surface area contributed by atoms with Crippen molar-refractivity contribution in [3.05, 3.63) is 66.2 Å². The molecule has 4 amide bonds. The number of urea groups is 1. The molecule has 7 nitrogen and oxygen atoms in total. The van der Waals surface area contributed by atoms with E-state index in [9.17, 15) is 14.4 Å². The molecule has 2 aromatic carbocycles. The first-order valence-electron chi connectivity index (χ1n) is 7.76. The predicted octanol–water partition coefficient (Wildman–Crippen LogP) is 1.41. The minimum Gasteiger partial charge on any atom is -0.341 e. The fourth-order valence-electron chi connectivity index (χ4n) is 2.17. The number of carbonyl (C=O) groups excluding carboxylic acids is 3. The van der Waals surface area contributed by atoms with E-state index in [2.05, 4.69) is 21.3 Å². The summed E-state index contributed by atoms with van der Waals surface area (Å²) < 4.78 is 0. The third kappa shape index (κ3) is 5.74. The third-order valence-corrected chi connectivity index (χ3v) is 3.38. The third-order valence-electron chi connectivity index (χ3n) is 3.38. The standard InChI is InChI=1S/C18H20N4O3/c1-19-18(25)22-15(23)12-20-16(13-8-4-2-5-9-13)17(24)21-14-10-6-3-7-11-14/h2-11,16,20H,12H2,1H3,(H,21,24)(H2,19,22,23,25)/t16-/m0/s1. The van der Waals surface area contributed by atoms with Gasteiger partial charge in [0, 0.05) is 12.7 Å². The SMILES string of the molecule is CNC(=O)NC(=O)CN[C@H](C(=O)Nc1ccccc1)c1ccccc1. The Morgan fingerprint density at radius 2 is 1.52 bits per heavy atom. The molecule has 0 saturated heterocycles. The summed E-state index contributed by atoms with van der Waals surface area (Å²) in [6, 6.07) is 16.7. The molecule has 0 heterocycles. The Morgan fingerprint density at radius 3 is 2.12 bits per heavy atom. The average molecular weight is 340 g/mol. The van der Waals surface area contributed by atoms with Crippen LogP contribution in [0.2, 0.25) is 0 Å². The van der Waals surface area contributed by atoms with E-state index in [-0.39, 0.29) is 12.5 Å². The molecular formula is C18H20N4O3. The minimum atomic E-state index is -0.739. The molecule has 0 aliphatic rings. The van der Waals surface area contributed by atoms with Crippen LogP contribution in [0.25, 0.3) is 0 Å². The molecule has 1 atom stereocenters. The van der Waals surface area contributed by atoms with Gasteiger partial charge in [-0.25, -0.2) is 4.79 Å². The molecule has 0 fully saturated rings. The molecule has 2 rings (SSSR count). The lowest BCUT2D eigenvalue weighted by Gasteiger charge is -2.18. The van der Waals surface area contributed by atoms with E-state index in [0.29, 0.717) is 11.3 Å². The second kappa shape index (κ2) is 9.19. The van der Waals surface area contributed by atoms with Crippen molar-refractivity contribution in [2.45, 2.75) is 6.04 Å². The van der Waals surface area contributed by atoms with Gasteiger partial charge >= 0.3 is 6.03 Å². The van der Waals surface area contributed by atoms with Crippen LogP contribution < -0.4 is 21.3 Å². The second-order valence-electron chi connectivity index (χ2n) is 5.21. The Kier molecular flexibility index (Phi) is 6.67. The van der Waals surface area contributed by atoms with Crippen molar-refractivity contribution in [2.24, 2.45) is 0 Å². The molecule has 0 saturated carbocycles. The molecule has 0 radical (unpaired) electrons. The highest BCUT2D eigenvalue weighted by atomic mass is 16.2. The maximum absolute atomic E-state index is 12.6. The number of carbonyl (C=O) groups is 3. The van der Waals surface area contributed by atoms with Crippen molar-refractivity contribution in [1.29, 1.82) is 0 Å². The van der Waals surface area contributed by atoms with Crippen molar-refractivity contribution in [2.75, 3.05) is 18.9 Å². The number of anilines is 1. The summed E-state index contributed by atoms with van der Waals surface area (Å²) in [6.45, 7) is -0.185. The van der Waals surface area contributed by atoms with Gasteiger partial charge in [-0.15, -0.1) is 0 Å². The molecule has 4 N–H and O–H groups in total. The van der Waals surface area contributed by atoms with Crippen LogP contribution in [0.4, 0.5) is 10.5 Å². The lowest BCUT2D eigenvalue weighted by atomic mass is 10.1. The van der Waals surface area contributed by atoms with E-state index in [1.807, 2.05) is 36.4 Å². The summed E-state index contributed by atoms with van der Waals surface area (Å²) >= 11 is 0. The topological polar surface area (TPSA) is 99.3 Å². The van der Waals surface area contributed by atoms with Gasteiger partial charge in [-0.3, -0.25) is 20.2 Å². The van der Waals surface area contributed by atoms with Gasteiger partial charge < -0.3 is 10.6 Å². The highest BCUT2D eigenvalue weighted by Gasteiger charge is 2.21. The second-order valence-corrected chi connectivity index (χ2v) is 5.21. The molecule has 0 aliphatic carbocycles. The van der Waals surface area contributed by atoms with Crippen LogP contribution in [0, 0.1) is 0 Å². The first-order valence-corrected chi connectivity index (χ1v) is 7.76. The molecule has 0 unspecified atom stereocenters. The fourth-order valence-corrected chi connectivity index (χ4v) is 2.17. The van der Waals surface area contributed by atoms with Crippen LogP contribution >= 0.6 is 0 Å². The fraction of sp³-hybridized carbons (Fsp3) is 0.167. The Hall–Kier alpha value is -3.19. The van der Waals surface area contributed by atoms with Gasteiger partial charge in [0.1, 0.15) is 6.04 Å². The van der Waals surface area contributed by atoms with E-state index in [0.717, 1.165) is 0 Å². The number of rotatable bonds is 6. The zero-order valence-corrected chi connectivity index (χ0v) is 13.8. The summed E-state index contributed by atoms with van der Waals surface area (Å²) in [5, 5.41) is 10.1. The average Bonchev–Trinajstić information content (AvgIpc) is 2.63. The lowest BCUT2D eigenvalue weighted by molar-refractivity contribution is -0.120. The highest BCUT2D eigenvalue weighted by Crippen LogP contribution is 2.15. The number of amides is 4. The first kappa shape index (κ1) is 18.2. The molecule has 0 bridgehead atoms. The number of benzene rings is 2. The van der Waals surface area contributed by atoms with E-state index in [1.165, 1.54) is 7.05 Å². The number of nitrogens with one attached hydrogen (secondary N) is 4. The van der Waals surface area contributed by atoms with Crippen LogP contribution in [0.3, 0.4) is 0 Å². The number of hydrogen-bond acceptors (Lipinski definition) is 4. The molecule has 2 aromatic rings. The summed E-state index contributed by atoms with van der Waals surface area (Å²) in [7, 11) is 1.41. The van der Waals surface area contributed by atoms with Gasteiger partial charge in [0.05, 0.1) is 6.54 Å². The van der Waals surface area contributed by atoms with Crippen molar-refractivity contribution in [1.82, 2.24) is 16.0 Å². The molecule has 25 heavy (non-hydrogen) atoms. The monoisotopic (exact) mass is 340 g/mol. The summed E-state index contributed by atoms with van der Waals surface area (Å²) in [5.41, 5.74) is 1.37. The molecule has 0 spiro atoms. The van der Waals surface area contributed by atoms with E-state index < -0.39 is 18.0 Å². The van der Waals surface area contributed by atoms with Crippen LogP contribution in [0.5, 0.6) is 0 Å². The largest absolute Gasteiger partial charge is 0.341 e. The van der Waals surface area contributed by atoms with Crippen molar-refractivity contribution >= 4 is 23.5 Å². The Morgan fingerprint density at radius 1 is 0.920 bits per heavy atom. The van der Waals surface area contributed by atoms with Crippen LogP contribution in [-0.4, -0.2) is 31.4 Å². The maximum atomic E-state index is 12.6. The van der Waals surface area contributed by atoms with Gasteiger partial charge in [0.15, 0.2) is 0 Å². The van der Waals surface area contributed by atoms with Crippen molar-refractivity contribution in [3.8, 4) is 0 Å². The van der Waals surface area contributed by atoms with Crippen molar-refractivity contribution in [3.63, 3.8) is 0 Å². The zero-order valence-electron chi connectivity index (χ0n) is 13.8. The van der Waals surface area contributed by atoms with Gasteiger partial charge in [-0.05, 0) is 17.7 Å². The van der Waals surface area contributed by atoms with Gasteiger partial charge in [-0.2, -0.15) is 0 Å². The normalized spacial score (nSPS) is 11.2. The quantitative estimate of drug-likeness (QED) is 0.639. The number of para-hydroxylation sites is 1. The van der Waals surface area contributed by atoms with Gasteiger partial charge in [0.2, 0.25) is 11.8 Å². The predicted molar refractivity (Wildman–Crippen MR) is 94.9 cm³/mol. The number of hydrogen-bond donors (Lipinski definition) is 4. The zero-order chi connectivity index (χ0) is 18.1. The van der Waals surface area contributed by atoms with Crippen LogP contribution in [-0.2, 0) is 9.59 Å². The van der Waals surface area contributed by atoms with Crippen LogP contribution in [0.15, 0.2) is 60.7 Å². The Bertz CT molecular complexity index is 720. The Balaban J connectivity index is 2.07. The molecule has 7 heteroatoms. The summed E-state index contributed by atoms with van der Waals surface area (Å²) in [4.78, 5) is 35.5. The lowest BCUT2D eigenvalue weighted by Crippen LogP contribution is -2.44. The van der Waals surface area contributed by atoms with Gasteiger partial charge in [-0.1, -0.05) is 48.5 Å². The smallest absolute Gasteiger partial charge is 0.321 e. The van der Waals surface area contributed by atoms with Crippen molar-refractivity contribution < 1.29 is 14.4 Å². The maximum Gasteiger partial charge on any atom is 0.321 e. The Labute approximate surface area is 145 Å². The van der Waals surface area contributed by atoms with E-state index >= 15 is 0 Å². The number of imide groups is 1. The summed E-state index contributed by atoms with van der Waals surface area (Å²) in [5.74, 6) is -0.835. The van der Waals surface area contributed by atoms with E-state index in [4.69, 9.17) is 0 Å². The first-order chi connectivity index (χ1) is 12.1. The molecule has 0 aliphatic heterocycles. The van der Waals surface area contributed by atoms with E-state index in [1.54, 1.807) is 24.3 Å². The summed E-state index contributed by atoms with van der Waals surface area (Å²) in [6.07, 6.45) is 0. The van der Waals surface area contributed by atoms with Crippen LogP contribution in [0.1, 0.15) is 11.6 Å².